The highest BCUT2D eigenvalue weighted by atomic mass is 16.1. The number of nitrogens with zero attached hydrogens (tertiary/aromatic N) is 2. The van der Waals surface area contributed by atoms with Crippen LogP contribution in [-0.2, 0) is 4.79 Å². The van der Waals surface area contributed by atoms with Gasteiger partial charge in [-0.05, 0) is 54.8 Å². The Labute approximate surface area is 143 Å². The number of hydrogen-bond acceptors (Lipinski definition) is 3. The molecule has 0 spiro atoms. The summed E-state index contributed by atoms with van der Waals surface area (Å²) in [6.07, 6.45) is 1.60. The molecule has 0 bridgehead atoms. The van der Waals surface area contributed by atoms with E-state index in [0.717, 1.165) is 28.1 Å². The number of nitriles is 1. The van der Waals surface area contributed by atoms with Crippen molar-refractivity contribution >= 4 is 23.4 Å². The van der Waals surface area contributed by atoms with Crippen molar-refractivity contribution in [3.63, 3.8) is 0 Å². The van der Waals surface area contributed by atoms with Crippen molar-refractivity contribution in [2.24, 2.45) is 0 Å². The minimum Gasteiger partial charge on any atom is -0.378 e. The molecule has 1 amide bonds. The van der Waals surface area contributed by atoms with Crippen molar-refractivity contribution in [3.05, 3.63) is 64.7 Å². The molecule has 0 unspecified atom stereocenters. The van der Waals surface area contributed by atoms with E-state index in [1.54, 1.807) is 6.08 Å². The highest BCUT2D eigenvalue weighted by Gasteiger charge is 2.11. The first-order chi connectivity index (χ1) is 11.4. The maximum Gasteiger partial charge on any atom is 0.266 e. The van der Waals surface area contributed by atoms with Crippen LogP contribution in [0.1, 0.15) is 16.7 Å². The van der Waals surface area contributed by atoms with Crippen LogP contribution in [0.3, 0.4) is 0 Å². The third kappa shape index (κ3) is 4.02. The number of carbonyl (C=O) groups is 1. The third-order valence-corrected chi connectivity index (χ3v) is 3.94. The predicted octanol–water partition coefficient (Wildman–Crippen LogP) is 3.92. The molecule has 0 aromatic heterocycles. The molecule has 0 aliphatic heterocycles. The number of carbonyl (C=O) groups excluding carboxylic acids is 1. The van der Waals surface area contributed by atoms with Crippen molar-refractivity contribution in [2.45, 2.75) is 13.8 Å². The van der Waals surface area contributed by atoms with Gasteiger partial charge in [0.2, 0.25) is 0 Å². The molecule has 0 atom stereocenters. The maximum absolute atomic E-state index is 12.4. The van der Waals surface area contributed by atoms with Crippen LogP contribution in [0.4, 0.5) is 11.4 Å². The lowest BCUT2D eigenvalue weighted by Gasteiger charge is -2.12. The molecule has 122 valence electrons. The third-order valence-electron chi connectivity index (χ3n) is 3.94. The van der Waals surface area contributed by atoms with Gasteiger partial charge in [-0.1, -0.05) is 24.3 Å². The fraction of sp³-hybridized carbons (Fsp3) is 0.200. The van der Waals surface area contributed by atoms with Gasteiger partial charge in [-0.2, -0.15) is 5.26 Å². The van der Waals surface area contributed by atoms with Crippen molar-refractivity contribution in [3.8, 4) is 6.07 Å². The number of hydrogen-bond donors (Lipinski definition) is 1. The molecule has 0 radical (unpaired) electrons. The summed E-state index contributed by atoms with van der Waals surface area (Å²) >= 11 is 0. The number of amides is 1. The summed E-state index contributed by atoms with van der Waals surface area (Å²) < 4.78 is 0. The second-order valence-corrected chi connectivity index (χ2v) is 5.86. The second-order valence-electron chi connectivity index (χ2n) is 5.86. The lowest BCUT2D eigenvalue weighted by atomic mass is 10.1. The summed E-state index contributed by atoms with van der Waals surface area (Å²) in [5, 5.41) is 12.1. The molecule has 2 aromatic carbocycles. The number of anilines is 2. The first-order valence-electron chi connectivity index (χ1n) is 7.69. The van der Waals surface area contributed by atoms with Crippen molar-refractivity contribution in [1.29, 1.82) is 5.26 Å². The molecule has 0 heterocycles. The molecule has 1 N–H and O–H groups in total. The van der Waals surface area contributed by atoms with Gasteiger partial charge in [-0.25, -0.2) is 0 Å². The molecule has 0 aliphatic carbocycles. The highest BCUT2D eigenvalue weighted by molar-refractivity contribution is 6.10. The molecule has 0 fully saturated rings. The van der Waals surface area contributed by atoms with E-state index in [0.29, 0.717) is 0 Å². The zero-order valence-electron chi connectivity index (χ0n) is 14.4. The quantitative estimate of drug-likeness (QED) is 0.686. The van der Waals surface area contributed by atoms with E-state index in [9.17, 15) is 10.1 Å². The van der Waals surface area contributed by atoms with Crippen LogP contribution in [-0.4, -0.2) is 20.0 Å². The van der Waals surface area contributed by atoms with Gasteiger partial charge in [0.25, 0.3) is 5.91 Å². The second kappa shape index (κ2) is 7.47. The Morgan fingerprint density at radius 1 is 1.12 bits per heavy atom. The first-order valence-corrected chi connectivity index (χ1v) is 7.69. The zero-order valence-corrected chi connectivity index (χ0v) is 14.4. The van der Waals surface area contributed by atoms with E-state index < -0.39 is 5.91 Å². The molecule has 2 aromatic rings. The van der Waals surface area contributed by atoms with Crippen molar-refractivity contribution in [2.75, 3.05) is 24.3 Å². The number of benzene rings is 2. The lowest BCUT2D eigenvalue weighted by molar-refractivity contribution is -0.112. The molecule has 0 saturated heterocycles. The topological polar surface area (TPSA) is 56.1 Å². The van der Waals surface area contributed by atoms with Gasteiger partial charge in [0, 0.05) is 25.5 Å². The molecule has 0 aliphatic rings. The molecule has 2 rings (SSSR count). The van der Waals surface area contributed by atoms with Crippen LogP contribution in [0.25, 0.3) is 6.08 Å². The van der Waals surface area contributed by atoms with Crippen LogP contribution in [0.5, 0.6) is 0 Å². The average Bonchev–Trinajstić information content (AvgIpc) is 2.57. The predicted molar refractivity (Wildman–Crippen MR) is 98.9 cm³/mol. The molecule has 4 nitrogen and oxygen atoms in total. The van der Waals surface area contributed by atoms with Gasteiger partial charge < -0.3 is 10.2 Å². The van der Waals surface area contributed by atoms with Gasteiger partial charge in [0.1, 0.15) is 11.6 Å². The molecular weight excluding hydrogens is 298 g/mol. The molecule has 4 heteroatoms. The van der Waals surface area contributed by atoms with Crippen molar-refractivity contribution in [1.82, 2.24) is 0 Å². The van der Waals surface area contributed by atoms with Crippen LogP contribution < -0.4 is 10.2 Å². The van der Waals surface area contributed by atoms with E-state index >= 15 is 0 Å². The highest BCUT2D eigenvalue weighted by Crippen LogP contribution is 2.19. The summed E-state index contributed by atoms with van der Waals surface area (Å²) in [6.45, 7) is 3.93. The zero-order chi connectivity index (χ0) is 17.7. The lowest BCUT2D eigenvalue weighted by Crippen LogP contribution is -2.14. The fourth-order valence-electron chi connectivity index (χ4n) is 2.26. The van der Waals surface area contributed by atoms with E-state index in [-0.39, 0.29) is 5.57 Å². The summed E-state index contributed by atoms with van der Waals surface area (Å²) in [7, 11) is 3.92. The Kier molecular flexibility index (Phi) is 5.39. The molecule has 24 heavy (non-hydrogen) atoms. The largest absolute Gasteiger partial charge is 0.378 e. The van der Waals surface area contributed by atoms with E-state index in [1.807, 2.05) is 81.4 Å². The Morgan fingerprint density at radius 3 is 2.38 bits per heavy atom. The fourth-order valence-corrected chi connectivity index (χ4v) is 2.26. The van der Waals surface area contributed by atoms with Gasteiger partial charge in [-0.3, -0.25) is 4.79 Å². The Balaban J connectivity index is 2.22. The summed E-state index contributed by atoms with van der Waals surface area (Å²) in [5.41, 5.74) is 4.77. The Morgan fingerprint density at radius 2 is 1.79 bits per heavy atom. The van der Waals surface area contributed by atoms with Crippen LogP contribution in [0.2, 0.25) is 0 Å². The minimum absolute atomic E-state index is 0.0773. The number of aryl methyl sites for hydroxylation is 1. The Bertz CT molecular complexity index is 812. The first kappa shape index (κ1) is 17.3. The van der Waals surface area contributed by atoms with Gasteiger partial charge in [-0.15, -0.1) is 0 Å². The van der Waals surface area contributed by atoms with Crippen LogP contribution in [0.15, 0.2) is 48.0 Å². The standard InChI is InChI=1S/C20H21N3O/c1-14-6-5-7-19(15(14)2)22-20(24)17(13-21)12-16-8-10-18(11-9-16)23(3)4/h5-12H,1-4H3,(H,22,24). The summed E-state index contributed by atoms with van der Waals surface area (Å²) in [6, 6.07) is 15.4. The van der Waals surface area contributed by atoms with Crippen LogP contribution in [0, 0.1) is 25.2 Å². The monoisotopic (exact) mass is 319 g/mol. The smallest absolute Gasteiger partial charge is 0.266 e. The molecular formula is C20H21N3O. The van der Waals surface area contributed by atoms with E-state index in [4.69, 9.17) is 0 Å². The SMILES string of the molecule is Cc1cccc(NC(=O)C(C#N)=Cc2ccc(N(C)C)cc2)c1C. The average molecular weight is 319 g/mol. The number of nitrogens with one attached hydrogen (secondary N) is 1. The van der Waals surface area contributed by atoms with E-state index in [2.05, 4.69) is 5.32 Å². The summed E-state index contributed by atoms with van der Waals surface area (Å²) in [4.78, 5) is 14.4. The van der Waals surface area contributed by atoms with Gasteiger partial charge in [0.05, 0.1) is 0 Å². The number of rotatable bonds is 4. The normalized spacial score (nSPS) is 10.9. The van der Waals surface area contributed by atoms with Crippen LogP contribution >= 0.6 is 0 Å². The molecule has 0 saturated carbocycles. The minimum atomic E-state index is -0.400. The summed E-state index contributed by atoms with van der Waals surface area (Å²) in [5.74, 6) is -0.400. The van der Waals surface area contributed by atoms with E-state index in [1.165, 1.54) is 0 Å². The van der Waals surface area contributed by atoms with Crippen molar-refractivity contribution < 1.29 is 4.79 Å². The van der Waals surface area contributed by atoms with Gasteiger partial charge >= 0.3 is 0 Å². The maximum atomic E-state index is 12.4. The van der Waals surface area contributed by atoms with Gasteiger partial charge in [0.15, 0.2) is 0 Å². The Hall–Kier alpha value is -3.06.